The zero-order valence-corrected chi connectivity index (χ0v) is 12.0. The number of amides is 1. The van der Waals surface area contributed by atoms with Crippen LogP contribution < -0.4 is 5.43 Å². The normalized spacial score (nSPS) is 10.8. The van der Waals surface area contributed by atoms with Gasteiger partial charge in [-0.15, -0.1) is 0 Å². The van der Waals surface area contributed by atoms with E-state index in [9.17, 15) is 14.9 Å². The second-order valence-corrected chi connectivity index (χ2v) is 4.54. The van der Waals surface area contributed by atoms with E-state index in [0.717, 1.165) is 18.2 Å². The van der Waals surface area contributed by atoms with Crippen LogP contribution in [0.3, 0.4) is 0 Å². The van der Waals surface area contributed by atoms with Crippen molar-refractivity contribution in [1.82, 2.24) is 15.2 Å². The Kier molecular flexibility index (Phi) is 4.97. The van der Waals surface area contributed by atoms with Gasteiger partial charge in [-0.2, -0.15) is 10.2 Å². The Morgan fingerprint density at radius 2 is 2.18 bits per heavy atom. The summed E-state index contributed by atoms with van der Waals surface area (Å²) < 4.78 is 1.18. The maximum atomic E-state index is 11.6. The predicted octanol–water partition coefficient (Wildman–Crippen LogP) is 1.50. The van der Waals surface area contributed by atoms with E-state index in [4.69, 9.17) is 0 Å². The number of carbonyl (C=O) groups excluding carboxylic acids is 1. The second kappa shape index (κ2) is 7.11. The highest BCUT2D eigenvalue weighted by Gasteiger charge is 2.10. The van der Waals surface area contributed by atoms with Gasteiger partial charge in [-0.05, 0) is 17.5 Å². The van der Waals surface area contributed by atoms with Crippen LogP contribution in [0.15, 0.2) is 41.8 Å². The number of aromatic nitrogens is 2. The fraction of sp³-hybridized carbons (Fsp3) is 0.214. The molecule has 114 valence electrons. The Bertz CT molecular complexity index is 691. The van der Waals surface area contributed by atoms with Gasteiger partial charge in [-0.1, -0.05) is 31.2 Å². The minimum absolute atomic E-state index is 0.139. The molecule has 1 heterocycles. The number of nitrogens with zero attached hydrogens (tertiary/aromatic N) is 4. The van der Waals surface area contributed by atoms with E-state index >= 15 is 0 Å². The summed E-state index contributed by atoms with van der Waals surface area (Å²) in [4.78, 5) is 21.6. The summed E-state index contributed by atoms with van der Waals surface area (Å²) in [5.41, 5.74) is 4.28. The molecule has 0 radical (unpaired) electrons. The van der Waals surface area contributed by atoms with Crippen LogP contribution in [0.25, 0.3) is 0 Å². The van der Waals surface area contributed by atoms with Gasteiger partial charge in [0, 0.05) is 0 Å². The first kappa shape index (κ1) is 15.4. The number of hydrogen-bond donors (Lipinski definition) is 1. The van der Waals surface area contributed by atoms with Crippen LogP contribution in [0.5, 0.6) is 0 Å². The SMILES string of the molecule is CCc1ccc(/C=N/NC(=O)Cn2cc([N+](=O)[O-])cn2)cc1. The quantitative estimate of drug-likeness (QED) is 0.496. The largest absolute Gasteiger partial charge is 0.307 e. The van der Waals surface area contributed by atoms with Gasteiger partial charge in [-0.25, -0.2) is 5.43 Å². The van der Waals surface area contributed by atoms with E-state index in [-0.39, 0.29) is 12.2 Å². The van der Waals surface area contributed by atoms with E-state index in [1.54, 1.807) is 0 Å². The van der Waals surface area contributed by atoms with E-state index < -0.39 is 10.8 Å². The van der Waals surface area contributed by atoms with E-state index in [2.05, 4.69) is 22.5 Å². The summed E-state index contributed by atoms with van der Waals surface area (Å²) in [5, 5.41) is 18.1. The number of nitrogens with one attached hydrogen (secondary N) is 1. The van der Waals surface area contributed by atoms with Gasteiger partial charge in [0.25, 0.3) is 5.91 Å². The summed E-state index contributed by atoms with van der Waals surface area (Å²) in [6, 6.07) is 7.80. The van der Waals surface area contributed by atoms with Gasteiger partial charge in [-0.3, -0.25) is 19.6 Å². The summed E-state index contributed by atoms with van der Waals surface area (Å²) in [5.74, 6) is -0.417. The topological polar surface area (TPSA) is 102 Å². The number of carbonyl (C=O) groups is 1. The third-order valence-corrected chi connectivity index (χ3v) is 2.93. The van der Waals surface area contributed by atoms with Crippen LogP contribution in [0.1, 0.15) is 18.1 Å². The van der Waals surface area contributed by atoms with Crippen molar-refractivity contribution < 1.29 is 9.72 Å². The third-order valence-electron chi connectivity index (χ3n) is 2.93. The minimum Gasteiger partial charge on any atom is -0.271 e. The molecule has 2 rings (SSSR count). The fourth-order valence-electron chi connectivity index (χ4n) is 1.73. The van der Waals surface area contributed by atoms with Gasteiger partial charge in [0.2, 0.25) is 0 Å². The summed E-state index contributed by atoms with van der Waals surface area (Å²) in [7, 11) is 0. The van der Waals surface area contributed by atoms with E-state index in [1.807, 2.05) is 24.3 Å². The lowest BCUT2D eigenvalue weighted by Crippen LogP contribution is -2.23. The number of benzene rings is 1. The molecule has 2 aromatic rings. The van der Waals surface area contributed by atoms with Crippen molar-refractivity contribution in [1.29, 1.82) is 0 Å². The monoisotopic (exact) mass is 301 g/mol. The molecule has 0 bridgehead atoms. The van der Waals surface area contributed by atoms with Gasteiger partial charge < -0.3 is 0 Å². The molecule has 0 aliphatic carbocycles. The fourth-order valence-corrected chi connectivity index (χ4v) is 1.73. The molecule has 8 heteroatoms. The molecule has 0 aliphatic heterocycles. The number of hydrazone groups is 1. The lowest BCUT2D eigenvalue weighted by molar-refractivity contribution is -0.385. The first-order chi connectivity index (χ1) is 10.6. The van der Waals surface area contributed by atoms with Crippen LogP contribution in [-0.4, -0.2) is 26.8 Å². The number of hydrogen-bond acceptors (Lipinski definition) is 5. The van der Waals surface area contributed by atoms with Gasteiger partial charge in [0.15, 0.2) is 0 Å². The highest BCUT2D eigenvalue weighted by molar-refractivity contribution is 5.82. The number of aryl methyl sites for hydroxylation is 1. The first-order valence-corrected chi connectivity index (χ1v) is 6.66. The molecule has 8 nitrogen and oxygen atoms in total. The highest BCUT2D eigenvalue weighted by atomic mass is 16.6. The number of nitro groups is 1. The average Bonchev–Trinajstić information content (AvgIpc) is 2.96. The van der Waals surface area contributed by atoms with Crippen LogP contribution >= 0.6 is 0 Å². The average molecular weight is 301 g/mol. The van der Waals surface area contributed by atoms with Gasteiger partial charge >= 0.3 is 5.69 Å². The van der Waals surface area contributed by atoms with Crippen LogP contribution in [0.4, 0.5) is 5.69 Å². The predicted molar refractivity (Wildman–Crippen MR) is 80.4 cm³/mol. The molecule has 0 unspecified atom stereocenters. The Hall–Kier alpha value is -3.03. The molecule has 0 aliphatic rings. The van der Waals surface area contributed by atoms with Crippen molar-refractivity contribution in [3.05, 3.63) is 57.9 Å². The van der Waals surface area contributed by atoms with Crippen LogP contribution in [0, 0.1) is 10.1 Å². The van der Waals surface area contributed by atoms with Gasteiger partial charge in [0.1, 0.15) is 18.9 Å². The zero-order valence-electron chi connectivity index (χ0n) is 12.0. The van der Waals surface area contributed by atoms with Gasteiger partial charge in [0.05, 0.1) is 11.1 Å². The Morgan fingerprint density at radius 1 is 1.45 bits per heavy atom. The van der Waals surface area contributed by atoms with Crippen LogP contribution in [-0.2, 0) is 17.8 Å². The van der Waals surface area contributed by atoms with Crippen LogP contribution in [0.2, 0.25) is 0 Å². The summed E-state index contributed by atoms with van der Waals surface area (Å²) >= 11 is 0. The Balaban J connectivity index is 1.85. The zero-order chi connectivity index (χ0) is 15.9. The molecular formula is C14H15N5O3. The lowest BCUT2D eigenvalue weighted by atomic mass is 10.1. The van der Waals surface area contributed by atoms with Crippen molar-refractivity contribution in [2.45, 2.75) is 19.9 Å². The molecule has 0 spiro atoms. The Labute approximate surface area is 126 Å². The Morgan fingerprint density at radius 3 is 2.77 bits per heavy atom. The standard InChI is InChI=1S/C14H15N5O3/c1-2-11-3-5-12(6-4-11)7-15-17-14(20)10-18-9-13(8-16-18)19(21)22/h3-9H,2,10H2,1H3,(H,17,20)/b15-7+. The summed E-state index contributed by atoms with van der Waals surface area (Å²) in [6.07, 6.45) is 4.77. The molecule has 1 N–H and O–H groups in total. The number of rotatable bonds is 6. The van der Waals surface area contributed by atoms with E-state index in [1.165, 1.54) is 22.7 Å². The molecule has 0 saturated carbocycles. The van der Waals surface area contributed by atoms with E-state index in [0.29, 0.717) is 0 Å². The smallest absolute Gasteiger partial charge is 0.271 e. The molecule has 0 atom stereocenters. The van der Waals surface area contributed by atoms with Crippen molar-refractivity contribution in [2.24, 2.45) is 5.10 Å². The molecule has 0 fully saturated rings. The molecule has 1 aromatic heterocycles. The maximum absolute atomic E-state index is 11.6. The molecule has 22 heavy (non-hydrogen) atoms. The first-order valence-electron chi connectivity index (χ1n) is 6.66. The van der Waals surface area contributed by atoms with Crippen molar-refractivity contribution >= 4 is 17.8 Å². The lowest BCUT2D eigenvalue weighted by Gasteiger charge is -2.00. The minimum atomic E-state index is -0.570. The van der Waals surface area contributed by atoms with Crippen molar-refractivity contribution in [2.75, 3.05) is 0 Å². The molecule has 0 saturated heterocycles. The molecule has 1 aromatic carbocycles. The maximum Gasteiger partial charge on any atom is 0.307 e. The highest BCUT2D eigenvalue weighted by Crippen LogP contribution is 2.07. The van der Waals surface area contributed by atoms with Crippen molar-refractivity contribution in [3.63, 3.8) is 0 Å². The third kappa shape index (κ3) is 4.23. The summed E-state index contributed by atoms with van der Waals surface area (Å²) in [6.45, 7) is 1.93. The second-order valence-electron chi connectivity index (χ2n) is 4.54. The van der Waals surface area contributed by atoms with Crippen molar-refractivity contribution in [3.8, 4) is 0 Å². The molecule has 1 amide bonds. The molecular weight excluding hydrogens is 286 g/mol.